The average Bonchev–Trinajstić information content (AvgIpc) is 2.94. The molecule has 2 aromatic rings. The number of hydrogen-bond donors (Lipinski definition) is 2. The van der Waals surface area contributed by atoms with E-state index in [0.717, 1.165) is 27.8 Å². The number of phenolic OH excluding ortho intramolecular Hbond substituents is 2. The van der Waals surface area contributed by atoms with E-state index in [2.05, 4.69) is 116 Å². The summed E-state index contributed by atoms with van der Waals surface area (Å²) in [4.78, 5) is 29.0. The number of ether oxygens (including phenoxy) is 2. The predicted octanol–water partition coefficient (Wildman–Crippen LogP) is 10.3. The Labute approximate surface area is 315 Å². The second-order valence-corrected chi connectivity index (χ2v) is 20.7. The van der Waals surface area contributed by atoms with Crippen LogP contribution in [0, 0.1) is 5.41 Å². The molecule has 1 atom stereocenters. The van der Waals surface area contributed by atoms with E-state index in [9.17, 15) is 19.8 Å². The van der Waals surface area contributed by atoms with Gasteiger partial charge in [0.15, 0.2) is 0 Å². The highest BCUT2D eigenvalue weighted by atomic mass is 16.5. The third-order valence-corrected chi connectivity index (χ3v) is 10.8. The van der Waals surface area contributed by atoms with E-state index in [1.54, 1.807) is 6.07 Å². The third-order valence-electron chi connectivity index (χ3n) is 10.8. The highest BCUT2D eigenvalue weighted by Crippen LogP contribution is 2.43. The first-order valence-electron chi connectivity index (χ1n) is 19.3. The molecule has 292 valence electrons. The molecule has 1 aliphatic heterocycles. The number of benzene rings is 2. The normalized spacial score (nSPS) is 17.8. The van der Waals surface area contributed by atoms with Crippen LogP contribution in [0.25, 0.3) is 0 Å². The lowest BCUT2D eigenvalue weighted by Gasteiger charge is -2.54. The number of esters is 2. The van der Waals surface area contributed by atoms with Gasteiger partial charge in [0.2, 0.25) is 0 Å². The van der Waals surface area contributed by atoms with Gasteiger partial charge < -0.3 is 19.7 Å². The molecule has 1 saturated heterocycles. The number of carbonyl (C=O) groups excluding carboxylic acids is 2. The third kappa shape index (κ3) is 11.0. The van der Waals surface area contributed by atoms with Crippen molar-refractivity contribution in [3.63, 3.8) is 0 Å². The van der Waals surface area contributed by atoms with Crippen molar-refractivity contribution in [2.75, 3.05) is 13.2 Å². The van der Waals surface area contributed by atoms with E-state index in [-0.39, 0.29) is 81.9 Å². The summed E-state index contributed by atoms with van der Waals surface area (Å²) in [7, 11) is 0. The quantitative estimate of drug-likeness (QED) is 0.236. The Morgan fingerprint density at radius 2 is 1.27 bits per heavy atom. The average molecular weight is 722 g/mol. The summed E-state index contributed by atoms with van der Waals surface area (Å²) in [6.45, 7) is 34.7. The Morgan fingerprint density at radius 3 is 1.73 bits per heavy atom. The number of piperidine rings is 1. The van der Waals surface area contributed by atoms with E-state index in [0.29, 0.717) is 31.6 Å². The standard InChI is InChI=1S/C45H71NO6/c1-40(2,3)32(30-18-19-36(47)33(25-30)41(4,5)6)26-38(49)51-22-21-46-44(13,14)27-31(28-45(46,15)16)52-37(48)20-17-29-23-34(42(7,8)9)39(50)35(24-29)43(10,11)12/h18-19,23-25,31-32,47,50H,17,20-22,26-28H2,1-16H3. The number of phenols is 2. The van der Waals surface area contributed by atoms with Gasteiger partial charge in [0.1, 0.15) is 24.2 Å². The van der Waals surface area contributed by atoms with Gasteiger partial charge in [0, 0.05) is 36.9 Å². The van der Waals surface area contributed by atoms with Crippen molar-refractivity contribution < 1.29 is 29.3 Å². The fraction of sp³-hybridized carbons (Fsp3) is 0.689. The van der Waals surface area contributed by atoms with Crippen molar-refractivity contribution in [1.29, 1.82) is 0 Å². The van der Waals surface area contributed by atoms with E-state index in [4.69, 9.17) is 9.47 Å². The van der Waals surface area contributed by atoms with Gasteiger partial charge in [-0.05, 0) is 95.6 Å². The SMILES string of the molecule is CC(C)(C)c1cc(C(CC(=O)OCCN2C(C)(C)CC(OC(=O)CCc3cc(C(C)(C)C)c(O)c(C(C)(C)C)c3)CC2(C)C)C(C)(C)C)ccc1O. The maximum Gasteiger partial charge on any atom is 0.306 e. The number of hydrogen-bond acceptors (Lipinski definition) is 7. The fourth-order valence-electron chi connectivity index (χ4n) is 8.16. The molecule has 1 unspecified atom stereocenters. The fourth-order valence-corrected chi connectivity index (χ4v) is 8.16. The lowest BCUT2D eigenvalue weighted by Crippen LogP contribution is -2.63. The number of rotatable bonds is 10. The van der Waals surface area contributed by atoms with Crippen molar-refractivity contribution in [1.82, 2.24) is 4.90 Å². The molecule has 7 nitrogen and oxygen atoms in total. The minimum Gasteiger partial charge on any atom is -0.508 e. The minimum absolute atomic E-state index is 0.0740. The number of aromatic hydroxyl groups is 2. The van der Waals surface area contributed by atoms with Gasteiger partial charge in [0.25, 0.3) is 0 Å². The summed E-state index contributed by atoms with van der Waals surface area (Å²) in [6, 6.07) is 9.78. The van der Waals surface area contributed by atoms with Crippen LogP contribution in [0.4, 0.5) is 0 Å². The number of likely N-dealkylation sites (tertiary alicyclic amines) is 1. The zero-order valence-corrected chi connectivity index (χ0v) is 35.5. The van der Waals surface area contributed by atoms with Gasteiger partial charge in [-0.3, -0.25) is 14.5 Å². The van der Waals surface area contributed by atoms with E-state index in [1.165, 1.54) is 0 Å². The van der Waals surface area contributed by atoms with Gasteiger partial charge >= 0.3 is 11.9 Å². The van der Waals surface area contributed by atoms with Crippen LogP contribution in [-0.2, 0) is 41.7 Å². The zero-order chi connectivity index (χ0) is 39.8. The van der Waals surface area contributed by atoms with Crippen molar-refractivity contribution in [3.05, 3.63) is 58.1 Å². The second-order valence-electron chi connectivity index (χ2n) is 20.7. The number of nitrogens with zero attached hydrogens (tertiary/aromatic N) is 1. The van der Waals surface area contributed by atoms with Crippen LogP contribution < -0.4 is 0 Å². The molecule has 2 N–H and O–H groups in total. The van der Waals surface area contributed by atoms with Crippen molar-refractivity contribution in [2.45, 2.75) is 182 Å². The molecule has 0 bridgehead atoms. The Morgan fingerprint density at radius 1 is 0.769 bits per heavy atom. The Kier molecular flexibility index (Phi) is 12.8. The lowest BCUT2D eigenvalue weighted by molar-refractivity contribution is -0.163. The highest BCUT2D eigenvalue weighted by Gasteiger charge is 2.46. The summed E-state index contributed by atoms with van der Waals surface area (Å²) >= 11 is 0. The molecule has 1 fully saturated rings. The van der Waals surface area contributed by atoms with E-state index >= 15 is 0 Å². The summed E-state index contributed by atoms with van der Waals surface area (Å²) in [5.41, 5.74) is 3.25. The second kappa shape index (κ2) is 15.4. The van der Waals surface area contributed by atoms with Crippen LogP contribution in [0.15, 0.2) is 30.3 Å². The molecule has 3 rings (SSSR count). The largest absolute Gasteiger partial charge is 0.508 e. The first-order chi connectivity index (χ1) is 23.4. The minimum atomic E-state index is -0.289. The van der Waals surface area contributed by atoms with Crippen LogP contribution in [0.1, 0.15) is 170 Å². The van der Waals surface area contributed by atoms with E-state index < -0.39 is 0 Å². The molecule has 0 aliphatic carbocycles. The Hall–Kier alpha value is -3.06. The Bertz CT molecular complexity index is 1520. The molecule has 2 aromatic carbocycles. The van der Waals surface area contributed by atoms with Gasteiger partial charge in [-0.25, -0.2) is 0 Å². The zero-order valence-electron chi connectivity index (χ0n) is 35.5. The predicted molar refractivity (Wildman–Crippen MR) is 212 cm³/mol. The molecule has 7 heteroatoms. The maximum absolute atomic E-state index is 13.3. The summed E-state index contributed by atoms with van der Waals surface area (Å²) in [5, 5.41) is 21.6. The molecular formula is C45H71NO6. The highest BCUT2D eigenvalue weighted by molar-refractivity contribution is 5.71. The van der Waals surface area contributed by atoms with Crippen LogP contribution in [0.5, 0.6) is 11.5 Å². The maximum atomic E-state index is 13.3. The topological polar surface area (TPSA) is 96.3 Å². The molecule has 0 amide bonds. The molecule has 52 heavy (non-hydrogen) atoms. The van der Waals surface area contributed by atoms with Crippen LogP contribution in [-0.4, -0.2) is 57.4 Å². The lowest BCUT2D eigenvalue weighted by atomic mass is 9.73. The van der Waals surface area contributed by atoms with Crippen LogP contribution in [0.2, 0.25) is 0 Å². The molecule has 0 radical (unpaired) electrons. The Balaban J connectivity index is 1.62. The first kappa shape index (κ1) is 43.3. The van der Waals surface area contributed by atoms with Gasteiger partial charge in [-0.1, -0.05) is 107 Å². The van der Waals surface area contributed by atoms with Crippen molar-refractivity contribution in [2.24, 2.45) is 5.41 Å². The smallest absolute Gasteiger partial charge is 0.306 e. The van der Waals surface area contributed by atoms with Gasteiger partial charge in [0.05, 0.1) is 6.42 Å². The molecule has 1 heterocycles. The van der Waals surface area contributed by atoms with Gasteiger partial charge in [-0.15, -0.1) is 0 Å². The number of aryl methyl sites for hydroxylation is 1. The molecular weight excluding hydrogens is 650 g/mol. The monoisotopic (exact) mass is 722 g/mol. The van der Waals surface area contributed by atoms with E-state index in [1.807, 2.05) is 24.3 Å². The van der Waals surface area contributed by atoms with Crippen molar-refractivity contribution in [3.8, 4) is 11.5 Å². The molecule has 0 saturated carbocycles. The molecule has 0 aromatic heterocycles. The van der Waals surface area contributed by atoms with Gasteiger partial charge in [-0.2, -0.15) is 0 Å². The molecule has 1 aliphatic rings. The summed E-state index contributed by atoms with van der Waals surface area (Å²) in [6.07, 6.45) is 2.21. The molecule has 0 spiro atoms. The summed E-state index contributed by atoms with van der Waals surface area (Å²) < 4.78 is 12.0. The first-order valence-corrected chi connectivity index (χ1v) is 19.3. The van der Waals surface area contributed by atoms with Crippen LogP contribution in [0.3, 0.4) is 0 Å². The van der Waals surface area contributed by atoms with Crippen LogP contribution >= 0.6 is 0 Å². The summed E-state index contributed by atoms with van der Waals surface area (Å²) in [5.74, 6) is 0.0972. The van der Waals surface area contributed by atoms with Crippen molar-refractivity contribution >= 4 is 11.9 Å². The number of carbonyl (C=O) groups is 2.